The molecule has 0 saturated heterocycles. The maximum absolute atomic E-state index is 5.82. The minimum atomic E-state index is 0.384. The molecule has 0 aliphatic heterocycles. The Kier molecular flexibility index (Phi) is 6.65. The second-order valence-corrected chi connectivity index (χ2v) is 5.55. The molecular formula is C16H18Cl2N2O3. The molecule has 0 aliphatic carbocycles. The van der Waals surface area contributed by atoms with Crippen LogP contribution in [0.15, 0.2) is 36.4 Å². The van der Waals surface area contributed by atoms with Gasteiger partial charge in [0.1, 0.15) is 24.7 Å². The number of rotatable bonds is 8. The van der Waals surface area contributed by atoms with Crippen molar-refractivity contribution in [2.75, 3.05) is 37.9 Å². The molecule has 0 fully saturated rings. The van der Waals surface area contributed by atoms with Gasteiger partial charge in [-0.25, -0.2) is 0 Å². The first-order valence-corrected chi connectivity index (χ1v) is 7.75. The van der Waals surface area contributed by atoms with Gasteiger partial charge in [0, 0.05) is 10.0 Å². The van der Waals surface area contributed by atoms with Crippen LogP contribution in [0.2, 0.25) is 10.0 Å². The SMILES string of the molecule is Nc1cc(Cl)ccc1OCCOCCOc1ccc(Cl)cc1N. The van der Waals surface area contributed by atoms with Gasteiger partial charge < -0.3 is 25.7 Å². The summed E-state index contributed by atoms with van der Waals surface area (Å²) in [5.41, 5.74) is 12.6. The highest BCUT2D eigenvalue weighted by molar-refractivity contribution is 6.31. The summed E-state index contributed by atoms with van der Waals surface area (Å²) in [6.45, 7) is 1.60. The van der Waals surface area contributed by atoms with E-state index in [1.807, 2.05) is 0 Å². The van der Waals surface area contributed by atoms with Crippen molar-refractivity contribution in [3.8, 4) is 11.5 Å². The summed E-state index contributed by atoms with van der Waals surface area (Å²) in [6, 6.07) is 10.2. The van der Waals surface area contributed by atoms with E-state index in [2.05, 4.69) is 0 Å². The van der Waals surface area contributed by atoms with Gasteiger partial charge in [-0.05, 0) is 36.4 Å². The lowest BCUT2D eigenvalue weighted by atomic mass is 10.3. The highest BCUT2D eigenvalue weighted by Crippen LogP contribution is 2.25. The Labute approximate surface area is 145 Å². The molecule has 0 heterocycles. The quantitative estimate of drug-likeness (QED) is 0.557. The summed E-state index contributed by atoms with van der Waals surface area (Å²) >= 11 is 11.6. The minimum Gasteiger partial charge on any atom is -0.489 e. The number of halogens is 2. The summed E-state index contributed by atoms with van der Waals surface area (Å²) in [6.07, 6.45) is 0. The number of hydrogen-bond acceptors (Lipinski definition) is 5. The largest absolute Gasteiger partial charge is 0.489 e. The van der Waals surface area contributed by atoms with Crippen LogP contribution >= 0.6 is 23.2 Å². The van der Waals surface area contributed by atoms with E-state index in [1.54, 1.807) is 36.4 Å². The van der Waals surface area contributed by atoms with Gasteiger partial charge in [-0.15, -0.1) is 0 Å². The van der Waals surface area contributed by atoms with Crippen molar-refractivity contribution in [3.05, 3.63) is 46.4 Å². The molecule has 0 radical (unpaired) electrons. The highest BCUT2D eigenvalue weighted by atomic mass is 35.5. The molecule has 0 spiro atoms. The van der Waals surface area contributed by atoms with Crippen LogP contribution in [0, 0.1) is 0 Å². The second-order valence-electron chi connectivity index (χ2n) is 4.67. The third-order valence-corrected chi connectivity index (χ3v) is 3.38. The van der Waals surface area contributed by atoms with Crippen LogP contribution < -0.4 is 20.9 Å². The first kappa shape index (κ1) is 17.5. The molecule has 4 N–H and O–H groups in total. The molecule has 0 aromatic heterocycles. The van der Waals surface area contributed by atoms with E-state index >= 15 is 0 Å². The number of nitrogen functional groups attached to an aromatic ring is 2. The molecule has 0 bridgehead atoms. The van der Waals surface area contributed by atoms with Crippen molar-refractivity contribution in [2.45, 2.75) is 0 Å². The van der Waals surface area contributed by atoms with E-state index in [-0.39, 0.29) is 0 Å². The predicted molar refractivity (Wildman–Crippen MR) is 93.5 cm³/mol. The molecule has 2 rings (SSSR count). The van der Waals surface area contributed by atoms with E-state index in [4.69, 9.17) is 48.9 Å². The number of benzene rings is 2. The van der Waals surface area contributed by atoms with Gasteiger partial charge in [-0.2, -0.15) is 0 Å². The van der Waals surface area contributed by atoms with Crippen molar-refractivity contribution < 1.29 is 14.2 Å². The number of anilines is 2. The van der Waals surface area contributed by atoms with Gasteiger partial charge in [0.15, 0.2) is 0 Å². The van der Waals surface area contributed by atoms with Crippen LogP contribution in [0.4, 0.5) is 11.4 Å². The molecule has 2 aromatic rings. The van der Waals surface area contributed by atoms with Crippen molar-refractivity contribution in [2.24, 2.45) is 0 Å². The molecular weight excluding hydrogens is 339 g/mol. The molecule has 0 saturated carbocycles. The lowest BCUT2D eigenvalue weighted by Gasteiger charge is -2.11. The van der Waals surface area contributed by atoms with Gasteiger partial charge in [0.05, 0.1) is 24.6 Å². The Bertz CT molecular complexity index is 598. The average Bonchev–Trinajstić information content (AvgIpc) is 2.50. The molecule has 0 amide bonds. The summed E-state index contributed by atoms with van der Waals surface area (Å²) in [5, 5.41) is 1.15. The summed E-state index contributed by atoms with van der Waals surface area (Å²) < 4.78 is 16.4. The van der Waals surface area contributed by atoms with E-state index in [1.165, 1.54) is 0 Å². The van der Waals surface area contributed by atoms with Crippen LogP contribution in [-0.2, 0) is 4.74 Å². The fourth-order valence-electron chi connectivity index (χ4n) is 1.82. The van der Waals surface area contributed by atoms with Crippen LogP contribution in [0.1, 0.15) is 0 Å². The zero-order chi connectivity index (χ0) is 16.7. The minimum absolute atomic E-state index is 0.384. The lowest BCUT2D eigenvalue weighted by Crippen LogP contribution is -2.13. The van der Waals surface area contributed by atoms with Gasteiger partial charge in [-0.1, -0.05) is 23.2 Å². The number of hydrogen-bond donors (Lipinski definition) is 2. The van der Waals surface area contributed by atoms with Crippen LogP contribution in [0.5, 0.6) is 11.5 Å². The maximum atomic E-state index is 5.82. The first-order valence-electron chi connectivity index (χ1n) is 6.99. The van der Waals surface area contributed by atoms with E-state index in [0.29, 0.717) is 59.3 Å². The van der Waals surface area contributed by atoms with E-state index in [0.717, 1.165) is 0 Å². The molecule has 124 valence electrons. The Balaban J connectivity index is 1.61. The van der Waals surface area contributed by atoms with Crippen molar-refractivity contribution in [3.63, 3.8) is 0 Å². The molecule has 0 aliphatic rings. The predicted octanol–water partition coefficient (Wildman–Crippen LogP) is 3.63. The third-order valence-electron chi connectivity index (χ3n) is 2.91. The zero-order valence-electron chi connectivity index (χ0n) is 12.4. The first-order chi connectivity index (χ1) is 11.1. The monoisotopic (exact) mass is 356 g/mol. The van der Waals surface area contributed by atoms with Crippen molar-refractivity contribution in [1.29, 1.82) is 0 Å². The summed E-state index contributed by atoms with van der Waals surface area (Å²) in [7, 11) is 0. The van der Waals surface area contributed by atoms with Crippen LogP contribution in [0.3, 0.4) is 0 Å². The van der Waals surface area contributed by atoms with Gasteiger partial charge >= 0.3 is 0 Å². The Morgan fingerprint density at radius 2 is 1.13 bits per heavy atom. The van der Waals surface area contributed by atoms with Crippen molar-refractivity contribution >= 4 is 34.6 Å². The van der Waals surface area contributed by atoms with E-state index < -0.39 is 0 Å². The fourth-order valence-corrected chi connectivity index (χ4v) is 2.19. The van der Waals surface area contributed by atoms with E-state index in [9.17, 15) is 0 Å². The molecule has 7 heteroatoms. The van der Waals surface area contributed by atoms with Gasteiger partial charge in [-0.3, -0.25) is 0 Å². The molecule has 23 heavy (non-hydrogen) atoms. The average molecular weight is 357 g/mol. The Morgan fingerprint density at radius 1 is 0.696 bits per heavy atom. The van der Waals surface area contributed by atoms with Crippen LogP contribution in [0.25, 0.3) is 0 Å². The molecule has 0 atom stereocenters. The maximum Gasteiger partial charge on any atom is 0.142 e. The summed E-state index contributed by atoms with van der Waals surface area (Å²) in [5.74, 6) is 1.17. The zero-order valence-corrected chi connectivity index (χ0v) is 13.9. The number of ether oxygens (including phenoxy) is 3. The highest BCUT2D eigenvalue weighted by Gasteiger charge is 2.02. The molecule has 5 nitrogen and oxygen atoms in total. The normalized spacial score (nSPS) is 10.5. The lowest BCUT2D eigenvalue weighted by molar-refractivity contribution is 0.0768. The standard InChI is InChI=1S/C16H18Cl2N2O3/c17-11-1-3-15(13(19)9-11)22-7-5-21-6-8-23-16-4-2-12(18)10-14(16)20/h1-4,9-10H,5-8,19-20H2. The molecule has 2 aromatic carbocycles. The van der Waals surface area contributed by atoms with Crippen LogP contribution in [-0.4, -0.2) is 26.4 Å². The Morgan fingerprint density at radius 3 is 1.52 bits per heavy atom. The summed E-state index contributed by atoms with van der Waals surface area (Å²) in [4.78, 5) is 0. The second kappa shape index (κ2) is 8.72. The fraction of sp³-hybridized carbons (Fsp3) is 0.250. The third kappa shape index (κ3) is 5.71. The smallest absolute Gasteiger partial charge is 0.142 e. The molecule has 0 unspecified atom stereocenters. The number of nitrogens with two attached hydrogens (primary N) is 2. The van der Waals surface area contributed by atoms with Gasteiger partial charge in [0.2, 0.25) is 0 Å². The Hall–Kier alpha value is -1.82. The topological polar surface area (TPSA) is 79.7 Å². The van der Waals surface area contributed by atoms with Gasteiger partial charge in [0.25, 0.3) is 0 Å². The van der Waals surface area contributed by atoms with Crippen molar-refractivity contribution in [1.82, 2.24) is 0 Å².